The predicted molar refractivity (Wildman–Crippen MR) is 130 cm³/mol. The molecule has 1 aromatic rings. The van der Waals surface area contributed by atoms with Crippen LogP contribution in [0.3, 0.4) is 0 Å². The number of benzene rings is 1. The fourth-order valence-electron chi connectivity index (χ4n) is 3.77. The van der Waals surface area contributed by atoms with Crippen molar-refractivity contribution in [2.75, 3.05) is 26.4 Å². The van der Waals surface area contributed by atoms with Gasteiger partial charge in [-0.15, -0.1) is 0 Å². The minimum atomic E-state index is -3.37. The van der Waals surface area contributed by atoms with E-state index in [1.165, 1.54) is 32.1 Å². The highest BCUT2D eigenvalue weighted by atomic mass is 32.2. The number of ether oxygens (including phenoxy) is 3. The molecule has 0 spiro atoms. The van der Waals surface area contributed by atoms with Gasteiger partial charge in [0.2, 0.25) is 10.0 Å². The van der Waals surface area contributed by atoms with E-state index in [1.54, 1.807) is 24.3 Å². The third kappa shape index (κ3) is 12.3. The highest BCUT2D eigenvalue weighted by molar-refractivity contribution is 7.89. The van der Waals surface area contributed by atoms with Crippen LogP contribution in [-0.2, 0) is 24.2 Å². The fourth-order valence-corrected chi connectivity index (χ4v) is 4.87. The molecule has 0 heterocycles. The summed E-state index contributed by atoms with van der Waals surface area (Å²) in [5.74, 6) is -0.868. The Balaban J connectivity index is 2.00. The summed E-state index contributed by atoms with van der Waals surface area (Å²) in [7, 11) is -3.37. The molecule has 1 rings (SSSR count). The van der Waals surface area contributed by atoms with E-state index < -0.39 is 16.0 Å². The van der Waals surface area contributed by atoms with Crippen molar-refractivity contribution in [2.45, 2.75) is 102 Å². The molecule has 0 fully saturated rings. The summed E-state index contributed by atoms with van der Waals surface area (Å²) >= 11 is 0. The predicted octanol–water partition coefficient (Wildman–Crippen LogP) is 6.02. The number of nitrogens with one attached hydrogen (secondary N) is 1. The monoisotopic (exact) mass is 471 g/mol. The first-order valence-electron chi connectivity index (χ1n) is 12.5. The van der Waals surface area contributed by atoms with Crippen LogP contribution in [0, 0.1) is 0 Å². The summed E-state index contributed by atoms with van der Waals surface area (Å²) in [5, 5.41) is 0. The fraction of sp³-hybridized carbons (Fsp3) is 0.760. The van der Waals surface area contributed by atoms with E-state index in [0.717, 1.165) is 38.5 Å². The Morgan fingerprint density at radius 2 is 1.12 bits per heavy atom. The molecular weight excluding hydrogens is 426 g/mol. The molecule has 0 aliphatic carbocycles. The van der Waals surface area contributed by atoms with Gasteiger partial charge in [0.05, 0.1) is 4.90 Å². The second-order valence-corrected chi connectivity index (χ2v) is 9.75. The van der Waals surface area contributed by atoms with Gasteiger partial charge in [-0.25, -0.2) is 13.1 Å². The van der Waals surface area contributed by atoms with Crippen molar-refractivity contribution < 1.29 is 22.6 Å². The molecule has 0 amide bonds. The first-order valence-corrected chi connectivity index (χ1v) is 13.9. The molecule has 0 saturated heterocycles. The maximum absolute atomic E-state index is 12.1. The van der Waals surface area contributed by atoms with Crippen molar-refractivity contribution >= 4 is 10.0 Å². The Morgan fingerprint density at radius 3 is 1.59 bits per heavy atom. The average molecular weight is 472 g/mol. The topological polar surface area (TPSA) is 73.9 Å². The standard InChI is InChI=1S/C25H45NO5S/c1-4-29-25(30-5-2,31-6-3)22-18-13-11-9-7-8-10-12-14-19-23-26-32(27,28)24-20-16-15-17-21-24/h15-17,20-21,26H,4-14,18-19,22-23H2,1-3H3. The van der Waals surface area contributed by atoms with Gasteiger partial charge in [0.25, 0.3) is 5.97 Å². The maximum Gasteiger partial charge on any atom is 0.282 e. The smallest absolute Gasteiger partial charge is 0.282 e. The van der Waals surface area contributed by atoms with Crippen molar-refractivity contribution in [3.8, 4) is 0 Å². The normalized spacial score (nSPS) is 12.3. The van der Waals surface area contributed by atoms with Gasteiger partial charge in [-0.2, -0.15) is 0 Å². The lowest BCUT2D eigenvalue weighted by Crippen LogP contribution is -2.39. The molecule has 0 aliphatic rings. The molecule has 0 saturated carbocycles. The van der Waals surface area contributed by atoms with Crippen LogP contribution in [0.5, 0.6) is 0 Å². The number of hydrogen-bond acceptors (Lipinski definition) is 5. The van der Waals surface area contributed by atoms with E-state index in [0.29, 0.717) is 31.3 Å². The van der Waals surface area contributed by atoms with Gasteiger partial charge in [0, 0.05) is 32.8 Å². The second kappa shape index (κ2) is 17.5. The lowest BCUT2D eigenvalue weighted by atomic mass is 10.1. The van der Waals surface area contributed by atoms with E-state index in [9.17, 15) is 8.42 Å². The van der Waals surface area contributed by atoms with Crippen LogP contribution in [0.15, 0.2) is 35.2 Å². The van der Waals surface area contributed by atoms with Crippen molar-refractivity contribution in [3.05, 3.63) is 30.3 Å². The van der Waals surface area contributed by atoms with Gasteiger partial charge in [-0.1, -0.05) is 69.6 Å². The third-order valence-corrected chi connectivity index (χ3v) is 6.83. The first kappa shape index (κ1) is 29.0. The molecule has 0 radical (unpaired) electrons. The minimum Gasteiger partial charge on any atom is -0.328 e. The zero-order chi connectivity index (χ0) is 23.5. The molecule has 1 aromatic carbocycles. The van der Waals surface area contributed by atoms with Gasteiger partial charge in [0.1, 0.15) is 0 Å². The van der Waals surface area contributed by atoms with Crippen LogP contribution < -0.4 is 4.72 Å². The van der Waals surface area contributed by atoms with Gasteiger partial charge < -0.3 is 14.2 Å². The van der Waals surface area contributed by atoms with Crippen LogP contribution >= 0.6 is 0 Å². The molecule has 0 aromatic heterocycles. The zero-order valence-electron chi connectivity index (χ0n) is 20.4. The molecule has 0 aliphatic heterocycles. The van der Waals surface area contributed by atoms with Crippen LogP contribution in [0.1, 0.15) is 91.4 Å². The SMILES string of the molecule is CCOC(CCCCCCCCCCCCNS(=O)(=O)c1ccccc1)(OCC)OCC. The number of unbranched alkanes of at least 4 members (excludes halogenated alkanes) is 9. The maximum atomic E-state index is 12.1. The highest BCUT2D eigenvalue weighted by Gasteiger charge is 2.31. The van der Waals surface area contributed by atoms with E-state index >= 15 is 0 Å². The van der Waals surface area contributed by atoms with Gasteiger partial charge in [0.15, 0.2) is 0 Å². The highest BCUT2D eigenvalue weighted by Crippen LogP contribution is 2.24. The summed E-state index contributed by atoms with van der Waals surface area (Å²) in [6.45, 7) is 8.16. The molecular formula is C25H45NO5S. The Bertz CT molecular complexity index is 649. The second-order valence-electron chi connectivity index (χ2n) is 7.98. The molecule has 0 unspecified atom stereocenters. The summed E-state index contributed by atoms with van der Waals surface area (Å²) in [5.41, 5.74) is 0. The molecule has 6 nitrogen and oxygen atoms in total. The Labute approximate surface area is 196 Å². The van der Waals surface area contributed by atoms with E-state index in [2.05, 4.69) is 4.72 Å². The lowest BCUT2D eigenvalue weighted by Gasteiger charge is -2.32. The van der Waals surface area contributed by atoms with Crippen LogP contribution in [0.4, 0.5) is 0 Å². The summed E-state index contributed by atoms with van der Waals surface area (Å²) < 4.78 is 44.3. The van der Waals surface area contributed by atoms with Gasteiger partial charge in [-0.05, 0) is 45.7 Å². The molecule has 1 N–H and O–H groups in total. The summed E-state index contributed by atoms with van der Waals surface area (Å²) in [6, 6.07) is 8.54. The van der Waals surface area contributed by atoms with Crippen molar-refractivity contribution in [1.82, 2.24) is 4.72 Å². The van der Waals surface area contributed by atoms with Gasteiger partial charge in [-0.3, -0.25) is 0 Å². The molecule has 32 heavy (non-hydrogen) atoms. The number of rotatable bonds is 21. The van der Waals surface area contributed by atoms with Crippen LogP contribution in [-0.4, -0.2) is 40.8 Å². The molecule has 0 bridgehead atoms. The Kier molecular flexibility index (Phi) is 15.9. The van der Waals surface area contributed by atoms with E-state index in [1.807, 2.05) is 26.8 Å². The van der Waals surface area contributed by atoms with E-state index in [4.69, 9.17) is 14.2 Å². The zero-order valence-corrected chi connectivity index (χ0v) is 21.3. The van der Waals surface area contributed by atoms with Crippen LogP contribution in [0.2, 0.25) is 0 Å². The third-order valence-electron chi connectivity index (χ3n) is 5.35. The van der Waals surface area contributed by atoms with Crippen molar-refractivity contribution in [2.24, 2.45) is 0 Å². The molecule has 7 heteroatoms. The lowest BCUT2D eigenvalue weighted by molar-refractivity contribution is -0.380. The summed E-state index contributed by atoms with van der Waals surface area (Å²) in [6.07, 6.45) is 12.3. The molecule has 186 valence electrons. The largest absolute Gasteiger partial charge is 0.328 e. The summed E-state index contributed by atoms with van der Waals surface area (Å²) in [4.78, 5) is 0.333. The Morgan fingerprint density at radius 1 is 0.688 bits per heavy atom. The first-order chi connectivity index (χ1) is 15.5. The average Bonchev–Trinajstić information content (AvgIpc) is 2.78. The quantitative estimate of drug-likeness (QED) is 0.175. The van der Waals surface area contributed by atoms with Crippen molar-refractivity contribution in [3.63, 3.8) is 0 Å². The number of hydrogen-bond donors (Lipinski definition) is 1. The van der Waals surface area contributed by atoms with Gasteiger partial charge >= 0.3 is 0 Å². The van der Waals surface area contributed by atoms with Crippen molar-refractivity contribution in [1.29, 1.82) is 0 Å². The minimum absolute atomic E-state index is 0.333. The van der Waals surface area contributed by atoms with Crippen LogP contribution in [0.25, 0.3) is 0 Å². The molecule has 0 atom stereocenters. The Hall–Kier alpha value is -0.990. The van der Waals surface area contributed by atoms with E-state index in [-0.39, 0.29) is 0 Å². The number of sulfonamides is 1.